The molecule has 0 spiro atoms. The number of thiophene rings is 1. The summed E-state index contributed by atoms with van der Waals surface area (Å²) in [6, 6.07) is 3.31. The van der Waals surface area contributed by atoms with Gasteiger partial charge in [0.1, 0.15) is 36.3 Å². The molecule has 62 heavy (non-hydrogen) atoms. The normalized spacial score (nSPS) is 22.4. The smallest absolute Gasteiger partial charge is 0.274 e. The number of Topliss-reactive ketones (excluding diaryl/α,β-unsaturated/α-hetero) is 1. The fraction of sp³-hybridized carbons (Fsp3) is 0.581. The van der Waals surface area contributed by atoms with Gasteiger partial charge in [0.15, 0.2) is 28.1 Å². The van der Waals surface area contributed by atoms with Crippen LogP contribution in [-0.4, -0.2) is 120 Å². The summed E-state index contributed by atoms with van der Waals surface area (Å²) in [6.45, 7) is 0.936. The highest BCUT2D eigenvalue weighted by molar-refractivity contribution is 8.13. The predicted molar refractivity (Wildman–Crippen MR) is 207 cm³/mol. The highest BCUT2D eigenvalue weighted by Crippen LogP contribution is 2.56. The highest BCUT2D eigenvalue weighted by atomic mass is 32.2. The van der Waals surface area contributed by atoms with E-state index in [1.165, 1.54) is 32.1 Å². The number of aromatic nitrogens is 4. The van der Waals surface area contributed by atoms with Crippen molar-refractivity contribution in [2.24, 2.45) is 5.41 Å². The Hall–Kier alpha value is -3.11. The summed E-state index contributed by atoms with van der Waals surface area (Å²) in [7, 11) is -17.7. The molecule has 4 rings (SSSR count). The number of aliphatic hydroxyl groups excluding tert-OH is 3. The van der Waals surface area contributed by atoms with Gasteiger partial charge in [0.25, 0.3) is 15.6 Å². The van der Waals surface area contributed by atoms with E-state index >= 15 is 0 Å². The van der Waals surface area contributed by atoms with Crippen molar-refractivity contribution >= 4 is 86.3 Å². The number of hydrogen-bond acceptors (Lipinski definition) is 25. The van der Waals surface area contributed by atoms with Crippen molar-refractivity contribution in [2.75, 3.05) is 37.8 Å². The number of rotatable bonds is 24. The van der Waals surface area contributed by atoms with Crippen LogP contribution >= 0.6 is 46.6 Å². The van der Waals surface area contributed by atoms with Gasteiger partial charge in [0, 0.05) is 43.5 Å². The summed E-state index contributed by atoms with van der Waals surface area (Å²) in [4.78, 5) is 109. The molecule has 0 bridgehead atoms. The van der Waals surface area contributed by atoms with Gasteiger partial charge in [-0.3, -0.25) is 32.9 Å². The molecule has 1 aliphatic heterocycles. The number of nitrogens with zero attached hydrogens (tertiary/aromatic N) is 4. The van der Waals surface area contributed by atoms with Crippen LogP contribution in [-0.2, 0) is 56.4 Å². The van der Waals surface area contributed by atoms with Gasteiger partial charge >= 0.3 is 0 Å². The lowest BCUT2D eigenvalue weighted by atomic mass is 9.87. The SMILES string of the molecule is CC(C)(COP(=O)([O-])OP(=O)([O-])OCC1OC(C)(n2cnc3c(N)ncnc32)C(O)C1OP(=O)([O-])[O-])C(O)C(=O)NCCC(=O)NCCSC(=O)CC(O)CC(=O)c1cccs1. The minimum Gasteiger partial charge on any atom is -0.790 e. The highest BCUT2D eigenvalue weighted by Gasteiger charge is 2.55. The number of phosphoric acid groups is 3. The lowest BCUT2D eigenvalue weighted by molar-refractivity contribution is -0.347. The number of fused-ring (bicyclic) bond motifs is 1. The molecular formula is C31H42N7O19P3S2-4. The third-order valence-electron chi connectivity index (χ3n) is 8.85. The molecule has 0 aliphatic carbocycles. The van der Waals surface area contributed by atoms with Crippen molar-refractivity contribution in [3.63, 3.8) is 0 Å². The van der Waals surface area contributed by atoms with E-state index in [0.717, 1.165) is 29.0 Å². The van der Waals surface area contributed by atoms with Crippen LogP contribution in [0.5, 0.6) is 0 Å². The Morgan fingerprint density at radius 1 is 1.06 bits per heavy atom. The number of nitrogens with one attached hydrogen (secondary N) is 2. The van der Waals surface area contributed by atoms with Crippen LogP contribution in [0.4, 0.5) is 5.82 Å². The quantitative estimate of drug-likeness (QED) is 0.0304. The van der Waals surface area contributed by atoms with Gasteiger partial charge < -0.3 is 74.1 Å². The van der Waals surface area contributed by atoms with Crippen LogP contribution in [0, 0.1) is 5.41 Å². The molecule has 1 aliphatic rings. The standard InChI is InChI=1S/C31H46N7O19P3S2/c1-30(2,26(44)29(45)34-7-6-21(41)33-8-10-62-22(42)12-17(39)11-18(40)20-5-4-9-61-20)14-54-60(51,52)57-59(49,50)53-13-19-24(56-58(46,47)48)25(43)31(3,55-19)38-16-37-23-27(32)35-15-36-28(23)38/h4-5,9,15-17,19,24-26,39,43-44H,6-8,10-14H2,1-3H3,(H,33,41)(H,34,45)(H,49,50)(H,51,52)(H2,32,35,36)(H2,46,47,48)/p-4. The van der Waals surface area contributed by atoms with Crippen molar-refractivity contribution in [3.05, 3.63) is 35.0 Å². The third-order valence-corrected chi connectivity index (χ3v) is 13.7. The number of nitrogen functional groups attached to an aromatic ring is 1. The van der Waals surface area contributed by atoms with Crippen LogP contribution in [0.2, 0.25) is 0 Å². The van der Waals surface area contributed by atoms with Crippen LogP contribution in [0.15, 0.2) is 30.2 Å². The number of amides is 2. The number of thioether (sulfide) groups is 1. The zero-order valence-electron chi connectivity index (χ0n) is 32.8. The number of imidazole rings is 1. The molecule has 3 aromatic rings. The number of carbonyl (C=O) groups excluding carboxylic acids is 4. The molecule has 0 aromatic carbocycles. The number of aliphatic hydroxyl groups is 3. The van der Waals surface area contributed by atoms with Gasteiger partial charge in [-0.15, -0.1) is 11.3 Å². The Morgan fingerprint density at radius 2 is 1.76 bits per heavy atom. The van der Waals surface area contributed by atoms with E-state index in [1.807, 2.05) is 0 Å². The minimum absolute atomic E-state index is 0.0241. The van der Waals surface area contributed by atoms with Gasteiger partial charge in [0.2, 0.25) is 11.8 Å². The van der Waals surface area contributed by atoms with E-state index in [1.54, 1.807) is 17.5 Å². The largest absolute Gasteiger partial charge is 0.790 e. The molecule has 0 saturated carbocycles. The fourth-order valence-electron chi connectivity index (χ4n) is 5.66. The van der Waals surface area contributed by atoms with E-state index in [9.17, 15) is 67.8 Å². The first-order chi connectivity index (χ1) is 28.7. The summed E-state index contributed by atoms with van der Waals surface area (Å²) in [5, 5.41) is 37.8. The third kappa shape index (κ3) is 14.5. The molecule has 26 nitrogen and oxygen atoms in total. The van der Waals surface area contributed by atoms with Crippen LogP contribution < -0.4 is 35.9 Å². The lowest BCUT2D eigenvalue weighted by Gasteiger charge is -2.36. The molecule has 1 saturated heterocycles. The lowest BCUT2D eigenvalue weighted by Crippen LogP contribution is -2.46. The van der Waals surface area contributed by atoms with Gasteiger partial charge in [-0.25, -0.2) is 19.3 Å². The van der Waals surface area contributed by atoms with Crippen molar-refractivity contribution in [1.29, 1.82) is 0 Å². The number of ether oxygens (including phenoxy) is 1. The van der Waals surface area contributed by atoms with E-state index in [4.69, 9.17) is 10.5 Å². The molecule has 0 radical (unpaired) electrons. The monoisotopic (exact) mass is 973 g/mol. The maximum Gasteiger partial charge on any atom is 0.274 e. The predicted octanol–water partition coefficient (Wildman–Crippen LogP) is -2.60. The average molecular weight is 974 g/mol. The van der Waals surface area contributed by atoms with Crippen LogP contribution in [0.3, 0.4) is 0 Å². The van der Waals surface area contributed by atoms with Crippen LogP contribution in [0.1, 0.15) is 49.7 Å². The van der Waals surface area contributed by atoms with Crippen molar-refractivity contribution in [1.82, 2.24) is 30.2 Å². The summed E-state index contributed by atoms with van der Waals surface area (Å²) >= 11 is 2.06. The fourth-order valence-corrected chi connectivity index (χ4v) is 9.80. The molecule has 31 heteroatoms. The summed E-state index contributed by atoms with van der Waals surface area (Å²) in [5.41, 5.74) is 1.94. The summed E-state index contributed by atoms with van der Waals surface area (Å²) in [6.07, 6.45) is -7.90. The second-order valence-electron chi connectivity index (χ2n) is 14.2. The number of anilines is 1. The molecule has 2 amide bonds. The first-order valence-electron chi connectivity index (χ1n) is 18.0. The van der Waals surface area contributed by atoms with E-state index in [2.05, 4.69) is 43.5 Å². The Labute approximate surface area is 360 Å². The number of ketones is 1. The summed E-state index contributed by atoms with van der Waals surface area (Å²) in [5.74, 6) is -1.83. The second-order valence-corrected chi connectivity index (χ2v) is 20.4. The molecule has 346 valence electrons. The zero-order valence-corrected chi connectivity index (χ0v) is 37.1. The Kier molecular flexibility index (Phi) is 17.7. The first-order valence-corrected chi connectivity index (χ1v) is 24.2. The van der Waals surface area contributed by atoms with Gasteiger partial charge in [-0.2, -0.15) is 0 Å². The molecule has 3 aromatic heterocycles. The van der Waals surface area contributed by atoms with E-state index in [-0.39, 0.29) is 66.0 Å². The first kappa shape index (κ1) is 51.5. The zero-order chi connectivity index (χ0) is 46.3. The van der Waals surface area contributed by atoms with E-state index in [0.29, 0.717) is 4.88 Å². The molecule has 8 unspecified atom stereocenters. The molecular weight excluding hydrogens is 931 g/mol. The van der Waals surface area contributed by atoms with Gasteiger partial charge in [-0.05, 0) is 18.4 Å². The average Bonchev–Trinajstić information content (AvgIpc) is 3.92. The maximum atomic E-state index is 12.6. The van der Waals surface area contributed by atoms with Gasteiger partial charge in [0.05, 0.1) is 38.3 Å². The van der Waals surface area contributed by atoms with Crippen molar-refractivity contribution in [2.45, 2.75) is 76.3 Å². The van der Waals surface area contributed by atoms with E-state index < -0.39 is 90.2 Å². The maximum absolute atomic E-state index is 12.6. The molecule has 4 heterocycles. The Bertz CT molecular complexity index is 2210. The topological polar surface area (TPSA) is 412 Å². The minimum atomic E-state index is -5.96. The van der Waals surface area contributed by atoms with Gasteiger partial charge in [-0.1, -0.05) is 31.7 Å². The van der Waals surface area contributed by atoms with Crippen molar-refractivity contribution < 1.29 is 90.4 Å². The van der Waals surface area contributed by atoms with Crippen molar-refractivity contribution in [3.8, 4) is 0 Å². The van der Waals surface area contributed by atoms with Crippen LogP contribution in [0.25, 0.3) is 11.2 Å². The Balaban J connectivity index is 1.20. The molecule has 1 fully saturated rings. The molecule has 7 N–H and O–H groups in total. The second kappa shape index (κ2) is 21.3. The number of nitrogens with two attached hydrogens (primary N) is 1. The number of phosphoric ester groups is 3. The number of carbonyl (C=O) groups is 4. The summed E-state index contributed by atoms with van der Waals surface area (Å²) < 4.78 is 61.1. The Morgan fingerprint density at radius 3 is 2.42 bits per heavy atom. The molecule has 8 atom stereocenters. The number of hydrogen-bond donors (Lipinski definition) is 6.